The molecule has 0 saturated heterocycles. The van der Waals surface area contributed by atoms with E-state index in [0.717, 1.165) is 5.56 Å². The molecule has 0 aliphatic heterocycles. The molecule has 1 aromatic carbocycles. The number of hydrogen-bond acceptors (Lipinski definition) is 5. The van der Waals surface area contributed by atoms with Crippen LogP contribution in [0, 0.1) is 15.9 Å². The summed E-state index contributed by atoms with van der Waals surface area (Å²) in [7, 11) is 0. The zero-order valence-corrected chi connectivity index (χ0v) is 9.84. The average Bonchev–Trinajstić information content (AvgIpc) is 2.38. The number of aromatic nitrogens is 1. The van der Waals surface area contributed by atoms with Gasteiger partial charge in [-0.3, -0.25) is 10.1 Å². The molecule has 0 radical (unpaired) electrons. The fourth-order valence-electron chi connectivity index (χ4n) is 1.53. The first kappa shape index (κ1) is 12.7. The van der Waals surface area contributed by atoms with Crippen LogP contribution in [0.1, 0.15) is 5.56 Å². The molecule has 0 atom stereocenters. The molecule has 0 bridgehead atoms. The highest BCUT2D eigenvalue weighted by Gasteiger charge is 2.14. The van der Waals surface area contributed by atoms with E-state index < -0.39 is 4.92 Å². The summed E-state index contributed by atoms with van der Waals surface area (Å²) in [4.78, 5) is 14.2. The summed E-state index contributed by atoms with van der Waals surface area (Å²) in [5.74, 6) is -0.0571. The van der Waals surface area contributed by atoms with Crippen molar-refractivity contribution in [1.82, 2.24) is 4.98 Å². The molecule has 1 aromatic heterocycles. The van der Waals surface area contributed by atoms with E-state index in [9.17, 15) is 14.5 Å². The van der Waals surface area contributed by atoms with Gasteiger partial charge in [-0.05, 0) is 23.8 Å². The summed E-state index contributed by atoms with van der Waals surface area (Å²) in [5.41, 5.74) is 6.11. The summed E-state index contributed by atoms with van der Waals surface area (Å²) in [6, 6.07) is 8.45. The summed E-state index contributed by atoms with van der Waals surface area (Å²) in [5, 5.41) is 13.6. The highest BCUT2D eigenvalue weighted by atomic mass is 19.1. The minimum Gasteiger partial charge on any atom is -0.384 e. The number of rotatable bonds is 4. The number of nitrogens with one attached hydrogen (secondary N) is 1. The van der Waals surface area contributed by atoms with E-state index in [1.54, 1.807) is 12.1 Å². The highest BCUT2D eigenvalue weighted by Crippen LogP contribution is 2.23. The van der Waals surface area contributed by atoms with Gasteiger partial charge in [-0.2, -0.15) is 0 Å². The van der Waals surface area contributed by atoms with E-state index in [4.69, 9.17) is 5.73 Å². The Balaban J connectivity index is 2.16. The number of halogens is 1. The Morgan fingerprint density at radius 1 is 1.26 bits per heavy atom. The lowest BCUT2D eigenvalue weighted by Crippen LogP contribution is -2.06. The van der Waals surface area contributed by atoms with Crippen LogP contribution in [-0.4, -0.2) is 9.91 Å². The van der Waals surface area contributed by atoms with Crippen LogP contribution in [0.2, 0.25) is 0 Å². The minimum atomic E-state index is -0.542. The number of nitro groups is 1. The van der Waals surface area contributed by atoms with E-state index >= 15 is 0 Å². The van der Waals surface area contributed by atoms with E-state index in [1.807, 2.05) is 0 Å². The van der Waals surface area contributed by atoms with Gasteiger partial charge in [-0.1, -0.05) is 12.1 Å². The molecule has 0 aliphatic carbocycles. The number of benzene rings is 1. The van der Waals surface area contributed by atoms with Crippen molar-refractivity contribution in [2.24, 2.45) is 0 Å². The molecule has 0 saturated carbocycles. The molecular formula is C12H11FN4O2. The molecule has 0 aliphatic rings. The van der Waals surface area contributed by atoms with Gasteiger partial charge in [0, 0.05) is 12.6 Å². The van der Waals surface area contributed by atoms with Crippen molar-refractivity contribution in [2.45, 2.75) is 6.54 Å². The maximum atomic E-state index is 12.7. The molecule has 19 heavy (non-hydrogen) atoms. The third kappa shape index (κ3) is 3.15. The molecule has 3 N–H and O–H groups in total. The van der Waals surface area contributed by atoms with Crippen LogP contribution in [0.3, 0.4) is 0 Å². The van der Waals surface area contributed by atoms with Crippen LogP contribution in [0.15, 0.2) is 36.4 Å². The predicted octanol–water partition coefficient (Wildman–Crippen LogP) is 2.32. The standard InChI is InChI=1S/C12H11FN4O2/c13-9-3-1-8(2-4-9)7-15-12-10(17(18)19)5-6-11(14)16-12/h1-6H,7H2,(H3,14,15,16). The average molecular weight is 262 g/mol. The van der Waals surface area contributed by atoms with Crippen molar-refractivity contribution in [1.29, 1.82) is 0 Å². The van der Waals surface area contributed by atoms with Crippen molar-refractivity contribution < 1.29 is 9.31 Å². The van der Waals surface area contributed by atoms with Gasteiger partial charge < -0.3 is 11.1 Å². The highest BCUT2D eigenvalue weighted by molar-refractivity contribution is 5.59. The smallest absolute Gasteiger partial charge is 0.311 e. The van der Waals surface area contributed by atoms with E-state index in [0.29, 0.717) is 0 Å². The molecular weight excluding hydrogens is 251 g/mol. The van der Waals surface area contributed by atoms with Gasteiger partial charge in [0.15, 0.2) is 0 Å². The third-order valence-electron chi connectivity index (χ3n) is 2.47. The van der Waals surface area contributed by atoms with Crippen LogP contribution in [0.25, 0.3) is 0 Å². The predicted molar refractivity (Wildman–Crippen MR) is 69.0 cm³/mol. The normalized spacial score (nSPS) is 10.2. The summed E-state index contributed by atoms with van der Waals surface area (Å²) < 4.78 is 12.7. The van der Waals surface area contributed by atoms with E-state index in [-0.39, 0.29) is 29.7 Å². The van der Waals surface area contributed by atoms with Gasteiger partial charge in [-0.25, -0.2) is 9.37 Å². The fraction of sp³-hybridized carbons (Fsp3) is 0.0833. The number of hydrogen-bond donors (Lipinski definition) is 2. The first-order valence-electron chi connectivity index (χ1n) is 5.45. The molecule has 0 amide bonds. The van der Waals surface area contributed by atoms with Crippen molar-refractivity contribution in [3.05, 3.63) is 57.9 Å². The Morgan fingerprint density at radius 3 is 2.58 bits per heavy atom. The maximum absolute atomic E-state index is 12.7. The first-order chi connectivity index (χ1) is 9.06. The number of anilines is 2. The molecule has 1 heterocycles. The number of pyridine rings is 1. The molecule has 2 rings (SSSR count). The molecule has 98 valence electrons. The quantitative estimate of drug-likeness (QED) is 0.651. The summed E-state index contributed by atoms with van der Waals surface area (Å²) in [6.07, 6.45) is 0. The largest absolute Gasteiger partial charge is 0.384 e. The Bertz CT molecular complexity index is 601. The number of nitrogens with two attached hydrogens (primary N) is 1. The van der Waals surface area contributed by atoms with Crippen LogP contribution in [0.5, 0.6) is 0 Å². The molecule has 0 fully saturated rings. The van der Waals surface area contributed by atoms with Crippen molar-refractivity contribution >= 4 is 17.3 Å². The first-order valence-corrected chi connectivity index (χ1v) is 5.45. The zero-order valence-electron chi connectivity index (χ0n) is 9.84. The number of nitrogens with zero attached hydrogens (tertiary/aromatic N) is 2. The molecule has 0 spiro atoms. The van der Waals surface area contributed by atoms with Crippen LogP contribution in [-0.2, 0) is 6.54 Å². The lowest BCUT2D eigenvalue weighted by Gasteiger charge is -2.07. The maximum Gasteiger partial charge on any atom is 0.311 e. The summed E-state index contributed by atoms with van der Waals surface area (Å²) >= 11 is 0. The summed E-state index contributed by atoms with van der Waals surface area (Å²) in [6.45, 7) is 0.289. The zero-order chi connectivity index (χ0) is 13.8. The van der Waals surface area contributed by atoms with Crippen molar-refractivity contribution in [3.63, 3.8) is 0 Å². The van der Waals surface area contributed by atoms with E-state index in [1.165, 1.54) is 24.3 Å². The van der Waals surface area contributed by atoms with Crippen molar-refractivity contribution in [2.75, 3.05) is 11.1 Å². The second-order valence-electron chi connectivity index (χ2n) is 3.84. The van der Waals surface area contributed by atoms with Gasteiger partial charge in [0.25, 0.3) is 0 Å². The Morgan fingerprint density at radius 2 is 1.95 bits per heavy atom. The Labute approximate surface area is 108 Å². The van der Waals surface area contributed by atoms with Crippen LogP contribution in [0.4, 0.5) is 21.7 Å². The number of nitrogen functional groups attached to an aromatic ring is 1. The Hall–Kier alpha value is -2.70. The third-order valence-corrected chi connectivity index (χ3v) is 2.47. The lowest BCUT2D eigenvalue weighted by atomic mass is 10.2. The molecule has 0 unspecified atom stereocenters. The van der Waals surface area contributed by atoms with Gasteiger partial charge >= 0.3 is 5.69 Å². The SMILES string of the molecule is Nc1ccc([N+](=O)[O-])c(NCc2ccc(F)cc2)n1. The van der Waals surface area contributed by atoms with Crippen molar-refractivity contribution in [3.8, 4) is 0 Å². The second-order valence-corrected chi connectivity index (χ2v) is 3.84. The van der Waals surface area contributed by atoms with Gasteiger partial charge in [0.05, 0.1) is 4.92 Å². The van der Waals surface area contributed by atoms with Crippen LogP contribution < -0.4 is 11.1 Å². The van der Waals surface area contributed by atoms with Gasteiger partial charge in [0.1, 0.15) is 11.6 Å². The second kappa shape index (κ2) is 5.30. The fourth-order valence-corrected chi connectivity index (χ4v) is 1.53. The molecule has 7 heteroatoms. The van der Waals surface area contributed by atoms with E-state index in [2.05, 4.69) is 10.3 Å². The van der Waals surface area contributed by atoms with Gasteiger partial charge in [0.2, 0.25) is 5.82 Å². The van der Waals surface area contributed by atoms with Crippen LogP contribution >= 0.6 is 0 Å². The van der Waals surface area contributed by atoms with Gasteiger partial charge in [-0.15, -0.1) is 0 Å². The lowest BCUT2D eigenvalue weighted by molar-refractivity contribution is -0.384. The Kier molecular flexibility index (Phi) is 3.56. The monoisotopic (exact) mass is 262 g/mol. The minimum absolute atomic E-state index is 0.0920. The molecule has 2 aromatic rings. The molecule has 6 nitrogen and oxygen atoms in total. The topological polar surface area (TPSA) is 94.1 Å².